The minimum Gasteiger partial charge on any atom is -0.352 e. The van der Waals surface area contributed by atoms with E-state index in [2.05, 4.69) is 5.32 Å². The van der Waals surface area contributed by atoms with Gasteiger partial charge in [-0.25, -0.2) is 0 Å². The molecule has 14 heavy (non-hydrogen) atoms. The van der Waals surface area contributed by atoms with Crippen LogP contribution in [-0.2, 0) is 4.79 Å². The molecular formula is C8H15F3N2O. The zero-order chi connectivity index (χ0) is 11.6. The Labute approximate surface area is 80.8 Å². The average molecular weight is 212 g/mol. The van der Waals surface area contributed by atoms with Crippen molar-refractivity contribution in [1.29, 1.82) is 0 Å². The maximum Gasteiger partial charge on any atom is 0.391 e. The van der Waals surface area contributed by atoms with Gasteiger partial charge in [-0.2, -0.15) is 13.2 Å². The summed E-state index contributed by atoms with van der Waals surface area (Å²) in [6, 6.07) is -0.953. The summed E-state index contributed by atoms with van der Waals surface area (Å²) < 4.78 is 35.6. The van der Waals surface area contributed by atoms with Crippen LogP contribution in [0.2, 0.25) is 0 Å². The predicted molar refractivity (Wildman–Crippen MR) is 46.5 cm³/mol. The second kappa shape index (κ2) is 4.16. The minimum atomic E-state index is -4.27. The van der Waals surface area contributed by atoms with Crippen LogP contribution >= 0.6 is 0 Å². The van der Waals surface area contributed by atoms with Crippen molar-refractivity contribution in [3.05, 3.63) is 0 Å². The first-order chi connectivity index (χ1) is 6.02. The van der Waals surface area contributed by atoms with Crippen LogP contribution in [-0.4, -0.2) is 23.7 Å². The number of halogens is 3. The first-order valence-electron chi connectivity index (χ1n) is 4.19. The largest absolute Gasteiger partial charge is 0.391 e. The van der Waals surface area contributed by atoms with E-state index in [0.29, 0.717) is 0 Å². The molecule has 0 saturated carbocycles. The second-order valence-corrected chi connectivity index (χ2v) is 3.92. The molecule has 0 aromatic carbocycles. The van der Waals surface area contributed by atoms with Crippen LogP contribution in [0, 0.1) is 0 Å². The Kier molecular flexibility index (Phi) is 3.93. The molecule has 0 aliphatic heterocycles. The van der Waals surface area contributed by atoms with E-state index < -0.39 is 30.1 Å². The van der Waals surface area contributed by atoms with Crippen molar-refractivity contribution < 1.29 is 18.0 Å². The highest BCUT2D eigenvalue weighted by Crippen LogP contribution is 2.21. The molecule has 1 amide bonds. The van der Waals surface area contributed by atoms with Crippen LogP contribution < -0.4 is 11.1 Å². The number of hydrogen-bond donors (Lipinski definition) is 2. The molecule has 0 aromatic heterocycles. The Bertz CT molecular complexity index is 208. The lowest BCUT2D eigenvalue weighted by atomic mass is 10.1. The van der Waals surface area contributed by atoms with E-state index in [1.165, 1.54) is 20.8 Å². The standard InChI is InChI=1S/C8H15F3N2O/c1-5(4-8(9,10)11)13-6(14)7(2,3)12/h5H,4,12H2,1-3H3,(H,13,14). The van der Waals surface area contributed by atoms with Crippen molar-refractivity contribution in [2.45, 2.75) is 44.9 Å². The Hall–Kier alpha value is -0.780. The van der Waals surface area contributed by atoms with Gasteiger partial charge in [-0.05, 0) is 20.8 Å². The predicted octanol–water partition coefficient (Wildman–Crippen LogP) is 1.18. The smallest absolute Gasteiger partial charge is 0.352 e. The number of nitrogens with two attached hydrogens (primary N) is 1. The van der Waals surface area contributed by atoms with Gasteiger partial charge in [0.25, 0.3) is 0 Å². The van der Waals surface area contributed by atoms with E-state index in [9.17, 15) is 18.0 Å². The maximum absolute atomic E-state index is 11.9. The van der Waals surface area contributed by atoms with Gasteiger partial charge in [0.15, 0.2) is 0 Å². The zero-order valence-corrected chi connectivity index (χ0v) is 8.40. The molecule has 0 aliphatic carbocycles. The number of alkyl halides is 3. The van der Waals surface area contributed by atoms with E-state index in [0.717, 1.165) is 0 Å². The third kappa shape index (κ3) is 5.80. The fourth-order valence-electron chi connectivity index (χ4n) is 0.808. The molecule has 0 aliphatic rings. The fraction of sp³-hybridized carbons (Fsp3) is 0.875. The highest BCUT2D eigenvalue weighted by molar-refractivity contribution is 5.85. The number of carbonyl (C=O) groups is 1. The molecule has 84 valence electrons. The molecule has 0 fully saturated rings. The lowest BCUT2D eigenvalue weighted by molar-refractivity contribution is -0.142. The van der Waals surface area contributed by atoms with Gasteiger partial charge in [0, 0.05) is 6.04 Å². The van der Waals surface area contributed by atoms with Gasteiger partial charge >= 0.3 is 6.18 Å². The Morgan fingerprint density at radius 1 is 1.43 bits per heavy atom. The SMILES string of the molecule is CC(CC(F)(F)F)NC(=O)C(C)(C)N. The van der Waals surface area contributed by atoms with Gasteiger partial charge in [-0.1, -0.05) is 0 Å². The Balaban J connectivity index is 4.09. The molecule has 0 saturated heterocycles. The monoisotopic (exact) mass is 212 g/mol. The van der Waals surface area contributed by atoms with Gasteiger partial charge in [0.2, 0.25) is 5.91 Å². The van der Waals surface area contributed by atoms with Gasteiger partial charge in [0.1, 0.15) is 0 Å². The van der Waals surface area contributed by atoms with Crippen LogP contribution in [0.25, 0.3) is 0 Å². The first-order valence-corrected chi connectivity index (χ1v) is 4.19. The molecule has 1 atom stereocenters. The quantitative estimate of drug-likeness (QED) is 0.738. The summed E-state index contributed by atoms with van der Waals surface area (Å²) in [5.41, 5.74) is 4.24. The average Bonchev–Trinajstić information content (AvgIpc) is 1.79. The van der Waals surface area contributed by atoms with E-state index in [1.54, 1.807) is 0 Å². The van der Waals surface area contributed by atoms with Gasteiger partial charge < -0.3 is 11.1 Å². The molecule has 0 spiro atoms. The van der Waals surface area contributed by atoms with Gasteiger partial charge in [-0.15, -0.1) is 0 Å². The molecule has 0 aromatic rings. The molecule has 3 nitrogen and oxygen atoms in total. The lowest BCUT2D eigenvalue weighted by Crippen LogP contribution is -2.52. The van der Waals surface area contributed by atoms with Crippen LogP contribution in [0.3, 0.4) is 0 Å². The number of rotatable bonds is 3. The summed E-state index contributed by atoms with van der Waals surface area (Å²) in [7, 11) is 0. The molecule has 0 radical (unpaired) electrons. The molecule has 6 heteroatoms. The van der Waals surface area contributed by atoms with Crippen molar-refractivity contribution in [3.8, 4) is 0 Å². The number of nitrogens with one attached hydrogen (secondary N) is 1. The van der Waals surface area contributed by atoms with Crippen LogP contribution in [0.4, 0.5) is 13.2 Å². The van der Waals surface area contributed by atoms with Crippen LogP contribution in [0.5, 0.6) is 0 Å². The normalized spacial score (nSPS) is 15.1. The summed E-state index contributed by atoms with van der Waals surface area (Å²) in [4.78, 5) is 11.2. The van der Waals surface area contributed by atoms with Crippen molar-refractivity contribution in [1.82, 2.24) is 5.32 Å². The summed E-state index contributed by atoms with van der Waals surface area (Å²) in [5.74, 6) is -0.589. The van der Waals surface area contributed by atoms with Crippen molar-refractivity contribution in [2.75, 3.05) is 0 Å². The Morgan fingerprint density at radius 3 is 2.14 bits per heavy atom. The summed E-state index contributed by atoms with van der Waals surface area (Å²) in [5, 5.41) is 2.19. The number of carbonyl (C=O) groups excluding carboxylic acids is 1. The number of hydrogen-bond acceptors (Lipinski definition) is 2. The maximum atomic E-state index is 11.9. The van der Waals surface area contributed by atoms with Crippen molar-refractivity contribution in [3.63, 3.8) is 0 Å². The van der Waals surface area contributed by atoms with Crippen LogP contribution in [0.1, 0.15) is 27.2 Å². The Morgan fingerprint density at radius 2 is 1.86 bits per heavy atom. The van der Waals surface area contributed by atoms with Crippen molar-refractivity contribution >= 4 is 5.91 Å². The molecule has 1 unspecified atom stereocenters. The molecular weight excluding hydrogens is 197 g/mol. The summed E-state index contributed by atoms with van der Waals surface area (Å²) in [6.07, 6.45) is -5.32. The second-order valence-electron chi connectivity index (χ2n) is 3.92. The molecule has 0 bridgehead atoms. The summed E-state index contributed by atoms with van der Waals surface area (Å²) >= 11 is 0. The lowest BCUT2D eigenvalue weighted by Gasteiger charge is -2.22. The molecule has 3 N–H and O–H groups in total. The fourth-order valence-corrected chi connectivity index (χ4v) is 0.808. The molecule has 0 rings (SSSR count). The van der Waals surface area contributed by atoms with Gasteiger partial charge in [0.05, 0.1) is 12.0 Å². The van der Waals surface area contributed by atoms with E-state index in [1.807, 2.05) is 0 Å². The van der Waals surface area contributed by atoms with E-state index >= 15 is 0 Å². The van der Waals surface area contributed by atoms with Crippen molar-refractivity contribution in [2.24, 2.45) is 5.73 Å². The highest BCUT2D eigenvalue weighted by atomic mass is 19.4. The highest BCUT2D eigenvalue weighted by Gasteiger charge is 2.32. The zero-order valence-electron chi connectivity index (χ0n) is 8.40. The topological polar surface area (TPSA) is 55.1 Å². The number of amides is 1. The third-order valence-electron chi connectivity index (χ3n) is 1.50. The van der Waals surface area contributed by atoms with E-state index in [4.69, 9.17) is 5.73 Å². The third-order valence-corrected chi connectivity index (χ3v) is 1.50. The minimum absolute atomic E-state index is 0.589. The van der Waals surface area contributed by atoms with Crippen LogP contribution in [0.15, 0.2) is 0 Å². The van der Waals surface area contributed by atoms with E-state index in [-0.39, 0.29) is 0 Å². The summed E-state index contributed by atoms with van der Waals surface area (Å²) in [6.45, 7) is 4.16. The molecule has 0 heterocycles. The first kappa shape index (κ1) is 13.2. The van der Waals surface area contributed by atoms with Gasteiger partial charge in [-0.3, -0.25) is 4.79 Å².